The molecule has 2 N–H and O–H groups in total. The molecule has 1 aromatic rings. The molecule has 1 atom stereocenters. The average molecular weight is 332 g/mol. The van der Waals surface area contributed by atoms with Crippen molar-refractivity contribution in [3.63, 3.8) is 0 Å². The predicted molar refractivity (Wildman–Crippen MR) is 94.2 cm³/mol. The Morgan fingerprint density at radius 1 is 1.50 bits per heavy atom. The van der Waals surface area contributed by atoms with Crippen LogP contribution >= 0.6 is 0 Å². The molecule has 1 heterocycles. The molecule has 0 radical (unpaired) electrons. The quantitative estimate of drug-likeness (QED) is 0.754. The Balaban J connectivity index is 2.01. The minimum absolute atomic E-state index is 0.133. The van der Waals surface area contributed by atoms with Gasteiger partial charge in [-0.2, -0.15) is 0 Å². The van der Waals surface area contributed by atoms with Crippen LogP contribution in [0.3, 0.4) is 0 Å². The van der Waals surface area contributed by atoms with Gasteiger partial charge < -0.3 is 15.4 Å². The van der Waals surface area contributed by atoms with E-state index in [1.807, 2.05) is 19.9 Å². The first-order valence-electron chi connectivity index (χ1n) is 8.32. The van der Waals surface area contributed by atoms with Crippen LogP contribution in [0.1, 0.15) is 42.6 Å². The van der Waals surface area contributed by atoms with E-state index in [9.17, 15) is 9.18 Å². The Bertz CT molecular complexity index is 640. The lowest BCUT2D eigenvalue weighted by atomic mass is 9.98. The molecule has 0 fully saturated rings. The Morgan fingerprint density at radius 3 is 2.92 bits per heavy atom. The molecule has 1 aliphatic rings. The molecule has 0 aliphatic carbocycles. The van der Waals surface area contributed by atoms with E-state index in [0.29, 0.717) is 29.9 Å². The van der Waals surface area contributed by atoms with Crippen molar-refractivity contribution in [3.05, 3.63) is 53.6 Å². The zero-order chi connectivity index (χ0) is 17.5. The summed E-state index contributed by atoms with van der Waals surface area (Å²) in [6, 6.07) is 4.52. The molecule has 0 saturated carbocycles. The Morgan fingerprint density at radius 2 is 2.29 bits per heavy atom. The van der Waals surface area contributed by atoms with Crippen molar-refractivity contribution in [3.8, 4) is 0 Å². The smallest absolute Gasteiger partial charge is 0.251 e. The van der Waals surface area contributed by atoms with Gasteiger partial charge in [0.25, 0.3) is 5.91 Å². The van der Waals surface area contributed by atoms with Crippen molar-refractivity contribution in [2.24, 2.45) is 0 Å². The Labute approximate surface area is 142 Å². The van der Waals surface area contributed by atoms with E-state index in [1.54, 1.807) is 12.1 Å². The summed E-state index contributed by atoms with van der Waals surface area (Å²) in [6.45, 7) is 9.69. The second kappa shape index (κ2) is 8.64. The minimum atomic E-state index is -0.359. The van der Waals surface area contributed by atoms with Gasteiger partial charge in [-0.05, 0) is 44.5 Å². The van der Waals surface area contributed by atoms with Gasteiger partial charge in [-0.1, -0.05) is 18.7 Å². The maximum Gasteiger partial charge on any atom is 0.251 e. The van der Waals surface area contributed by atoms with E-state index in [2.05, 4.69) is 17.2 Å². The van der Waals surface area contributed by atoms with E-state index in [-0.39, 0.29) is 17.8 Å². The van der Waals surface area contributed by atoms with Crippen LogP contribution in [0, 0.1) is 5.82 Å². The second-order valence-electron chi connectivity index (χ2n) is 5.93. The number of rotatable bonds is 7. The predicted octanol–water partition coefficient (Wildman–Crippen LogP) is 3.26. The van der Waals surface area contributed by atoms with Gasteiger partial charge in [0.1, 0.15) is 5.82 Å². The molecule has 24 heavy (non-hydrogen) atoms. The average Bonchev–Trinajstić information content (AvgIpc) is 2.55. The summed E-state index contributed by atoms with van der Waals surface area (Å²) < 4.78 is 19.7. The van der Waals surface area contributed by atoms with Gasteiger partial charge in [0.05, 0.1) is 12.4 Å². The normalized spacial score (nSPS) is 15.4. The van der Waals surface area contributed by atoms with Gasteiger partial charge in [0.15, 0.2) is 0 Å². The summed E-state index contributed by atoms with van der Waals surface area (Å²) in [5.41, 5.74) is 1.88. The molecule has 4 nitrogen and oxygen atoms in total. The third kappa shape index (κ3) is 4.93. The van der Waals surface area contributed by atoms with Crippen LogP contribution in [0.2, 0.25) is 0 Å². The van der Waals surface area contributed by atoms with E-state index in [4.69, 9.17) is 4.74 Å². The molecule has 0 bridgehead atoms. The van der Waals surface area contributed by atoms with E-state index in [1.165, 1.54) is 6.07 Å². The number of nitrogens with one attached hydrogen (secondary N) is 2. The molecule has 1 aromatic carbocycles. The molecule has 1 aliphatic heterocycles. The monoisotopic (exact) mass is 332 g/mol. The maximum absolute atomic E-state index is 14.4. The molecule has 1 amide bonds. The molecule has 1 unspecified atom stereocenters. The minimum Gasteiger partial charge on any atom is -0.499 e. The number of amides is 1. The first-order chi connectivity index (χ1) is 11.5. The summed E-state index contributed by atoms with van der Waals surface area (Å²) in [5, 5.41) is 6.04. The lowest BCUT2D eigenvalue weighted by molar-refractivity contribution is 0.0935. The maximum atomic E-state index is 14.4. The van der Waals surface area contributed by atoms with Crippen molar-refractivity contribution in [1.82, 2.24) is 10.6 Å². The summed E-state index contributed by atoms with van der Waals surface area (Å²) >= 11 is 0. The standard InChI is InChI=1S/C19H25FN2O2/c1-4-24-14(3)11-13(2)22-19(23)16-5-6-17(18(20)12-16)15-7-9-21-10-8-15/h5-7,12-13,21H,3-4,8-11H2,1-2H3,(H,22,23). The molecule has 130 valence electrons. The third-order valence-electron chi connectivity index (χ3n) is 3.90. The Hall–Kier alpha value is -2.14. The van der Waals surface area contributed by atoms with Gasteiger partial charge in [-0.25, -0.2) is 4.39 Å². The molecular weight excluding hydrogens is 307 g/mol. The van der Waals surface area contributed by atoms with Gasteiger partial charge in [0.2, 0.25) is 0 Å². The zero-order valence-corrected chi connectivity index (χ0v) is 14.3. The largest absolute Gasteiger partial charge is 0.499 e. The molecule has 2 rings (SSSR count). The fourth-order valence-electron chi connectivity index (χ4n) is 2.75. The van der Waals surface area contributed by atoms with Crippen LogP contribution in [-0.4, -0.2) is 31.6 Å². The van der Waals surface area contributed by atoms with Crippen molar-refractivity contribution >= 4 is 11.5 Å². The number of carbonyl (C=O) groups excluding carboxylic acids is 1. The number of benzene rings is 1. The van der Waals surface area contributed by atoms with Crippen LogP contribution < -0.4 is 10.6 Å². The van der Waals surface area contributed by atoms with Gasteiger partial charge in [0, 0.05) is 30.1 Å². The zero-order valence-electron chi connectivity index (χ0n) is 14.3. The highest BCUT2D eigenvalue weighted by Gasteiger charge is 2.15. The highest BCUT2D eigenvalue weighted by molar-refractivity contribution is 5.94. The Kier molecular flexibility index (Phi) is 6.55. The highest BCUT2D eigenvalue weighted by atomic mass is 19.1. The fraction of sp³-hybridized carbons (Fsp3) is 0.421. The summed E-state index contributed by atoms with van der Waals surface area (Å²) in [7, 11) is 0. The van der Waals surface area contributed by atoms with E-state index in [0.717, 1.165) is 25.1 Å². The van der Waals surface area contributed by atoms with E-state index < -0.39 is 0 Å². The summed E-state index contributed by atoms with van der Waals surface area (Å²) in [4.78, 5) is 12.3. The third-order valence-corrected chi connectivity index (χ3v) is 3.90. The molecule has 0 spiro atoms. The van der Waals surface area contributed by atoms with Gasteiger partial charge in [-0.3, -0.25) is 4.79 Å². The number of ether oxygens (including phenoxy) is 1. The van der Waals surface area contributed by atoms with Crippen molar-refractivity contribution in [2.75, 3.05) is 19.7 Å². The lowest BCUT2D eigenvalue weighted by Crippen LogP contribution is -2.33. The first-order valence-corrected chi connectivity index (χ1v) is 8.32. The molecule has 5 heteroatoms. The number of halogens is 1. The van der Waals surface area contributed by atoms with Crippen LogP contribution in [0.4, 0.5) is 4.39 Å². The molecule has 0 saturated heterocycles. The van der Waals surface area contributed by atoms with Crippen molar-refractivity contribution < 1.29 is 13.9 Å². The SMILES string of the molecule is C=C(CC(C)NC(=O)c1ccc(C2=CCNCC2)c(F)c1)OCC. The summed E-state index contributed by atoms with van der Waals surface area (Å²) in [6.07, 6.45) is 3.31. The van der Waals surface area contributed by atoms with Crippen molar-refractivity contribution in [2.45, 2.75) is 32.7 Å². The van der Waals surface area contributed by atoms with Gasteiger partial charge in [-0.15, -0.1) is 0 Å². The van der Waals surface area contributed by atoms with Crippen LogP contribution in [0.25, 0.3) is 5.57 Å². The van der Waals surface area contributed by atoms with Crippen molar-refractivity contribution in [1.29, 1.82) is 0 Å². The fourth-order valence-corrected chi connectivity index (χ4v) is 2.75. The number of hydrogen-bond acceptors (Lipinski definition) is 3. The van der Waals surface area contributed by atoms with Crippen LogP contribution in [0.15, 0.2) is 36.6 Å². The highest BCUT2D eigenvalue weighted by Crippen LogP contribution is 2.23. The topological polar surface area (TPSA) is 50.4 Å². The molecule has 0 aromatic heterocycles. The second-order valence-corrected chi connectivity index (χ2v) is 5.93. The van der Waals surface area contributed by atoms with Crippen LogP contribution in [-0.2, 0) is 4.74 Å². The molecular formula is C19H25FN2O2. The van der Waals surface area contributed by atoms with E-state index >= 15 is 0 Å². The summed E-state index contributed by atoms with van der Waals surface area (Å²) in [5.74, 6) is -0.0246. The van der Waals surface area contributed by atoms with Gasteiger partial charge >= 0.3 is 0 Å². The number of carbonyl (C=O) groups is 1. The van der Waals surface area contributed by atoms with Crippen LogP contribution in [0.5, 0.6) is 0 Å². The lowest BCUT2D eigenvalue weighted by Gasteiger charge is -2.17. The first kappa shape index (κ1) is 18.2. The number of hydrogen-bond donors (Lipinski definition) is 2.